The predicted molar refractivity (Wildman–Crippen MR) is 189 cm³/mol. The number of aromatic hydroxyl groups is 2. The Morgan fingerprint density at radius 3 is 1.02 bits per heavy atom. The Morgan fingerprint density at radius 1 is 0.422 bits per heavy atom. The van der Waals surface area contributed by atoms with Gasteiger partial charge < -0.3 is 33.9 Å². The molecule has 0 saturated heterocycles. The summed E-state index contributed by atoms with van der Waals surface area (Å²) in [6.45, 7) is 3.39. The Labute approximate surface area is 291 Å². The molecule has 9 heteroatoms. The minimum Gasteiger partial charge on any atom is -0.507 e. The van der Waals surface area contributed by atoms with E-state index in [4.69, 9.17) is 23.7 Å². The van der Waals surface area contributed by atoms with E-state index in [2.05, 4.69) is 45.2 Å². The van der Waals surface area contributed by atoms with Gasteiger partial charge in [-0.05, 0) is 114 Å². The van der Waals surface area contributed by atoms with Crippen LogP contribution in [0.25, 0.3) is 0 Å². The third-order valence-corrected chi connectivity index (χ3v) is 9.28. The second-order valence-corrected chi connectivity index (χ2v) is 13.7. The molecule has 0 spiro atoms. The first-order chi connectivity index (χ1) is 22.0. The first-order valence-corrected chi connectivity index (χ1v) is 17.3. The average molecular weight is 834 g/mol. The number of halogens is 2. The van der Waals surface area contributed by atoms with E-state index in [9.17, 15) is 10.2 Å². The van der Waals surface area contributed by atoms with E-state index < -0.39 is 0 Å². The SMILES string of the molecule is Oc1c2cc(I)cc1Cc1cccc3c1OCCOCCOCCOCCOc1c(cccc1Cc1cc(I)cc(c1O)C3)C2. The highest BCUT2D eigenvalue weighted by Gasteiger charge is 2.21. The Balaban J connectivity index is 1.53. The standard InChI is InChI=1S/C36H36I2O7/c37-31-19-27-15-23-3-1-4-24-16-28-20-32(38)22-30(34(28)40)18-26-6-2-5-25(17-29(21-31)33(27)39)36(26)45-14-12-43-10-8-41-7-9-42-11-13-44-35(23)24/h1-6,19-22,39-40H,7-18H2. The minimum absolute atomic E-state index is 0.279. The third kappa shape index (κ3) is 8.05. The number of hydrogen-bond acceptors (Lipinski definition) is 7. The molecule has 2 aliphatic rings. The summed E-state index contributed by atoms with van der Waals surface area (Å²) in [6, 6.07) is 20.4. The highest BCUT2D eigenvalue weighted by Crippen LogP contribution is 2.39. The van der Waals surface area contributed by atoms with Crippen molar-refractivity contribution in [3.63, 3.8) is 0 Å². The van der Waals surface area contributed by atoms with E-state index in [1.54, 1.807) is 0 Å². The van der Waals surface area contributed by atoms with Gasteiger partial charge in [0, 0.05) is 32.8 Å². The van der Waals surface area contributed by atoms with Crippen molar-refractivity contribution in [2.45, 2.75) is 25.7 Å². The van der Waals surface area contributed by atoms with Gasteiger partial charge in [0.25, 0.3) is 0 Å². The van der Waals surface area contributed by atoms with Gasteiger partial charge in [-0.1, -0.05) is 36.4 Å². The van der Waals surface area contributed by atoms with Crippen molar-refractivity contribution < 1.29 is 33.9 Å². The van der Waals surface area contributed by atoms with Gasteiger partial charge in [-0.25, -0.2) is 0 Å². The lowest BCUT2D eigenvalue weighted by atomic mass is 9.91. The van der Waals surface area contributed by atoms with Crippen molar-refractivity contribution in [2.24, 2.45) is 0 Å². The quantitative estimate of drug-likeness (QED) is 0.166. The fourth-order valence-corrected chi connectivity index (χ4v) is 7.45. The Morgan fingerprint density at radius 2 is 0.711 bits per heavy atom. The fraction of sp³-hybridized carbons (Fsp3) is 0.333. The van der Waals surface area contributed by atoms with Crippen molar-refractivity contribution >= 4 is 45.2 Å². The Kier molecular flexibility index (Phi) is 11.0. The fourth-order valence-electron chi connectivity index (χ4n) is 5.95. The summed E-state index contributed by atoms with van der Waals surface area (Å²) in [4.78, 5) is 0. The van der Waals surface area contributed by atoms with Gasteiger partial charge in [-0.2, -0.15) is 0 Å². The molecule has 1 aliphatic heterocycles. The van der Waals surface area contributed by atoms with Crippen LogP contribution in [0.2, 0.25) is 0 Å². The van der Waals surface area contributed by atoms with Crippen LogP contribution < -0.4 is 9.47 Å². The Hall–Kier alpha value is -2.58. The smallest absolute Gasteiger partial charge is 0.126 e. The van der Waals surface area contributed by atoms with Crippen LogP contribution in [0.1, 0.15) is 44.5 Å². The number of hydrogen-bond donors (Lipinski definition) is 2. The molecular weight excluding hydrogens is 798 g/mol. The van der Waals surface area contributed by atoms with Gasteiger partial charge in [0.1, 0.15) is 36.2 Å². The highest BCUT2D eigenvalue weighted by molar-refractivity contribution is 14.1. The number of para-hydroxylation sites is 2. The van der Waals surface area contributed by atoms with Crippen LogP contribution >= 0.6 is 45.2 Å². The molecule has 7 nitrogen and oxygen atoms in total. The van der Waals surface area contributed by atoms with E-state index in [0.717, 1.165) is 63.1 Å². The molecule has 45 heavy (non-hydrogen) atoms. The first-order valence-electron chi connectivity index (χ1n) is 15.2. The molecule has 1 aliphatic carbocycles. The van der Waals surface area contributed by atoms with E-state index in [1.807, 2.05) is 60.7 Å². The van der Waals surface area contributed by atoms with Crippen molar-refractivity contribution in [3.05, 3.63) is 112 Å². The molecular formula is C36H36I2O7. The van der Waals surface area contributed by atoms with Crippen LogP contribution in [-0.2, 0) is 39.9 Å². The van der Waals surface area contributed by atoms with Crippen molar-refractivity contribution in [2.75, 3.05) is 52.9 Å². The molecule has 0 unspecified atom stereocenters. The van der Waals surface area contributed by atoms with Gasteiger partial charge in [-0.3, -0.25) is 0 Å². The molecule has 0 saturated carbocycles. The van der Waals surface area contributed by atoms with E-state index in [0.29, 0.717) is 78.5 Å². The minimum atomic E-state index is 0.279. The van der Waals surface area contributed by atoms with Gasteiger partial charge in [0.2, 0.25) is 0 Å². The zero-order valence-electron chi connectivity index (χ0n) is 25.0. The molecule has 2 N–H and O–H groups in total. The summed E-state index contributed by atoms with van der Waals surface area (Å²) < 4.78 is 32.2. The summed E-state index contributed by atoms with van der Waals surface area (Å²) in [5, 5.41) is 23.3. The van der Waals surface area contributed by atoms with Crippen molar-refractivity contribution in [1.82, 2.24) is 0 Å². The highest BCUT2D eigenvalue weighted by atomic mass is 127. The molecule has 0 atom stereocenters. The number of ether oxygens (including phenoxy) is 5. The zero-order valence-corrected chi connectivity index (χ0v) is 29.3. The van der Waals surface area contributed by atoms with Crippen LogP contribution in [0.3, 0.4) is 0 Å². The van der Waals surface area contributed by atoms with E-state index >= 15 is 0 Å². The van der Waals surface area contributed by atoms with E-state index in [1.165, 1.54) is 0 Å². The lowest BCUT2D eigenvalue weighted by Gasteiger charge is -2.21. The molecule has 0 aromatic heterocycles. The van der Waals surface area contributed by atoms with Crippen LogP contribution in [0, 0.1) is 7.14 Å². The molecule has 10 bridgehead atoms. The second-order valence-electron chi connectivity index (χ2n) is 11.2. The molecule has 1 heterocycles. The number of rotatable bonds is 0. The van der Waals surface area contributed by atoms with Gasteiger partial charge >= 0.3 is 0 Å². The first kappa shape index (κ1) is 32.4. The van der Waals surface area contributed by atoms with Crippen LogP contribution in [-0.4, -0.2) is 63.1 Å². The van der Waals surface area contributed by atoms with Gasteiger partial charge in [0.05, 0.1) is 39.6 Å². The van der Waals surface area contributed by atoms with Gasteiger partial charge in [0.15, 0.2) is 0 Å². The molecule has 4 aromatic carbocycles. The van der Waals surface area contributed by atoms with Gasteiger partial charge in [-0.15, -0.1) is 0 Å². The predicted octanol–water partition coefficient (Wildman–Crippen LogP) is 6.80. The van der Waals surface area contributed by atoms with Crippen molar-refractivity contribution in [1.29, 1.82) is 0 Å². The lowest BCUT2D eigenvalue weighted by molar-refractivity contribution is 0.00484. The molecule has 0 radical (unpaired) electrons. The molecule has 236 valence electrons. The Bertz CT molecular complexity index is 1440. The summed E-state index contributed by atoms with van der Waals surface area (Å²) in [5.74, 6) is 2.07. The van der Waals surface area contributed by atoms with Crippen LogP contribution in [0.5, 0.6) is 23.0 Å². The average Bonchev–Trinajstić information content (AvgIpc) is 3.01. The topological polar surface area (TPSA) is 86.6 Å². The molecule has 4 aromatic rings. The maximum absolute atomic E-state index is 11.7. The van der Waals surface area contributed by atoms with Crippen LogP contribution in [0.15, 0.2) is 60.7 Å². The summed E-state index contributed by atoms with van der Waals surface area (Å²) in [6.07, 6.45) is 1.94. The summed E-state index contributed by atoms with van der Waals surface area (Å²) in [5.41, 5.74) is 7.16. The maximum atomic E-state index is 11.7. The number of phenols is 2. The molecule has 0 amide bonds. The van der Waals surface area contributed by atoms with E-state index in [-0.39, 0.29) is 11.5 Å². The summed E-state index contributed by atoms with van der Waals surface area (Å²) in [7, 11) is 0. The zero-order chi connectivity index (χ0) is 31.2. The second kappa shape index (κ2) is 15.3. The maximum Gasteiger partial charge on any atom is 0.126 e. The molecule has 6 rings (SSSR count). The summed E-state index contributed by atoms with van der Waals surface area (Å²) >= 11 is 4.65. The number of fused-ring (bicyclic) bond motifs is 2. The monoisotopic (exact) mass is 834 g/mol. The van der Waals surface area contributed by atoms with Crippen LogP contribution in [0.4, 0.5) is 0 Å². The largest absolute Gasteiger partial charge is 0.507 e. The van der Waals surface area contributed by atoms with Crippen molar-refractivity contribution in [3.8, 4) is 23.0 Å². The number of phenolic OH excluding ortho intramolecular Hbond substituents is 2. The third-order valence-electron chi connectivity index (χ3n) is 8.04. The normalized spacial score (nSPS) is 16.3. The number of benzene rings is 4. The lowest BCUT2D eigenvalue weighted by Crippen LogP contribution is -2.15. The molecule has 0 fully saturated rings.